The molecule has 6 nitrogen and oxygen atoms in total. The number of hydrogen-bond acceptors (Lipinski definition) is 3. The Morgan fingerprint density at radius 1 is 1.41 bits per heavy atom. The first-order chi connectivity index (χ1) is 10.6. The van der Waals surface area contributed by atoms with Crippen molar-refractivity contribution >= 4 is 5.91 Å². The molecule has 3 heterocycles. The smallest absolute Gasteiger partial charge is 0.224 e. The van der Waals surface area contributed by atoms with Gasteiger partial charge < -0.3 is 4.90 Å². The van der Waals surface area contributed by atoms with Crippen LogP contribution in [-0.2, 0) is 11.3 Å². The minimum Gasteiger partial charge on any atom is -0.334 e. The van der Waals surface area contributed by atoms with Gasteiger partial charge in [-0.1, -0.05) is 0 Å². The minimum absolute atomic E-state index is 0.142. The fourth-order valence-electron chi connectivity index (χ4n) is 3.17. The number of rotatable bonds is 4. The molecule has 2 aromatic rings. The summed E-state index contributed by atoms with van der Waals surface area (Å²) in [5.41, 5.74) is 3.20. The summed E-state index contributed by atoms with van der Waals surface area (Å²) in [4.78, 5) is 14.7. The number of amides is 1. The number of nitrogens with zero attached hydrogens (tertiary/aromatic N) is 4. The highest BCUT2D eigenvalue weighted by atomic mass is 16.2. The molecule has 1 aliphatic heterocycles. The standard InChI is InChI=1S/C16H23N5O/c1-12-11-17-18-16(12)14-5-3-4-8-21(14)15(22)7-10-20-9-6-13(2)19-20/h6,9,11,14H,3-5,7-8,10H2,1-2H3,(H,17,18). The molecule has 0 bridgehead atoms. The van der Waals surface area contributed by atoms with Gasteiger partial charge in [-0.2, -0.15) is 10.2 Å². The van der Waals surface area contributed by atoms with E-state index in [2.05, 4.69) is 15.3 Å². The first kappa shape index (κ1) is 14.8. The fourth-order valence-corrected chi connectivity index (χ4v) is 3.17. The van der Waals surface area contributed by atoms with E-state index in [-0.39, 0.29) is 11.9 Å². The Bertz CT molecular complexity index is 645. The molecule has 0 spiro atoms. The molecule has 118 valence electrons. The molecule has 1 N–H and O–H groups in total. The van der Waals surface area contributed by atoms with Crippen molar-refractivity contribution in [1.82, 2.24) is 24.9 Å². The highest BCUT2D eigenvalue weighted by Crippen LogP contribution is 2.31. The third-order valence-electron chi connectivity index (χ3n) is 4.35. The molecule has 22 heavy (non-hydrogen) atoms. The molecule has 0 saturated carbocycles. The van der Waals surface area contributed by atoms with E-state index < -0.39 is 0 Å². The number of piperidine rings is 1. The zero-order chi connectivity index (χ0) is 15.5. The maximum absolute atomic E-state index is 12.6. The number of carbonyl (C=O) groups excluding carboxylic acids is 1. The SMILES string of the molecule is Cc1ccn(CCC(=O)N2CCCCC2c2[nH]ncc2C)n1. The number of aryl methyl sites for hydroxylation is 3. The molecule has 2 aromatic heterocycles. The van der Waals surface area contributed by atoms with Gasteiger partial charge in [0.2, 0.25) is 5.91 Å². The first-order valence-electron chi connectivity index (χ1n) is 7.94. The molecule has 6 heteroatoms. The second-order valence-electron chi connectivity index (χ2n) is 6.04. The molecule has 1 amide bonds. The van der Waals surface area contributed by atoms with Crippen LogP contribution in [0.1, 0.15) is 48.7 Å². The molecular weight excluding hydrogens is 278 g/mol. The van der Waals surface area contributed by atoms with E-state index in [1.54, 1.807) is 0 Å². The molecule has 3 rings (SSSR count). The molecule has 1 atom stereocenters. The van der Waals surface area contributed by atoms with Crippen molar-refractivity contribution in [1.29, 1.82) is 0 Å². The second kappa shape index (κ2) is 6.34. The number of H-pyrrole nitrogens is 1. The van der Waals surface area contributed by atoms with Gasteiger partial charge >= 0.3 is 0 Å². The Hall–Kier alpha value is -2.11. The zero-order valence-corrected chi connectivity index (χ0v) is 13.2. The maximum atomic E-state index is 12.6. The summed E-state index contributed by atoms with van der Waals surface area (Å²) in [6, 6.07) is 2.10. The van der Waals surface area contributed by atoms with E-state index in [1.807, 2.05) is 41.9 Å². The lowest BCUT2D eigenvalue weighted by molar-refractivity contribution is -0.135. The van der Waals surface area contributed by atoms with Crippen LogP contribution in [0.2, 0.25) is 0 Å². The Labute approximate surface area is 130 Å². The van der Waals surface area contributed by atoms with E-state index in [1.165, 1.54) is 0 Å². The van der Waals surface area contributed by atoms with Crippen LogP contribution in [0.4, 0.5) is 0 Å². The van der Waals surface area contributed by atoms with Crippen LogP contribution in [0.5, 0.6) is 0 Å². The summed E-state index contributed by atoms with van der Waals surface area (Å²) in [5.74, 6) is 0.201. The van der Waals surface area contributed by atoms with Gasteiger partial charge in [0.25, 0.3) is 0 Å². The monoisotopic (exact) mass is 301 g/mol. The van der Waals surface area contributed by atoms with E-state index in [0.717, 1.165) is 42.8 Å². The Morgan fingerprint density at radius 3 is 2.95 bits per heavy atom. The van der Waals surface area contributed by atoms with Crippen molar-refractivity contribution in [3.8, 4) is 0 Å². The van der Waals surface area contributed by atoms with Crippen LogP contribution in [0, 0.1) is 13.8 Å². The first-order valence-corrected chi connectivity index (χ1v) is 7.94. The van der Waals surface area contributed by atoms with Gasteiger partial charge in [-0.05, 0) is 44.7 Å². The van der Waals surface area contributed by atoms with Crippen LogP contribution in [0.15, 0.2) is 18.5 Å². The van der Waals surface area contributed by atoms with Crippen molar-refractivity contribution < 1.29 is 4.79 Å². The van der Waals surface area contributed by atoms with Gasteiger partial charge in [-0.3, -0.25) is 14.6 Å². The molecule has 0 aliphatic carbocycles. The maximum Gasteiger partial charge on any atom is 0.224 e. The van der Waals surface area contributed by atoms with Gasteiger partial charge in [0.05, 0.1) is 23.6 Å². The van der Waals surface area contributed by atoms with Crippen LogP contribution in [0.3, 0.4) is 0 Å². The van der Waals surface area contributed by atoms with Crippen molar-refractivity contribution in [3.05, 3.63) is 35.4 Å². The van der Waals surface area contributed by atoms with Gasteiger partial charge in [-0.25, -0.2) is 0 Å². The topological polar surface area (TPSA) is 66.8 Å². The minimum atomic E-state index is 0.142. The van der Waals surface area contributed by atoms with Crippen LogP contribution >= 0.6 is 0 Å². The van der Waals surface area contributed by atoms with Gasteiger partial charge in [0.1, 0.15) is 0 Å². The van der Waals surface area contributed by atoms with Gasteiger partial charge in [0, 0.05) is 25.7 Å². The summed E-state index contributed by atoms with van der Waals surface area (Å²) >= 11 is 0. The van der Waals surface area contributed by atoms with E-state index in [0.29, 0.717) is 13.0 Å². The lowest BCUT2D eigenvalue weighted by atomic mass is 9.97. The Balaban J connectivity index is 1.67. The molecular formula is C16H23N5O. The number of aromatic amines is 1. The quantitative estimate of drug-likeness (QED) is 0.942. The third-order valence-corrected chi connectivity index (χ3v) is 4.35. The molecule has 1 fully saturated rings. The van der Waals surface area contributed by atoms with E-state index >= 15 is 0 Å². The Morgan fingerprint density at radius 2 is 2.27 bits per heavy atom. The van der Waals surface area contributed by atoms with E-state index in [4.69, 9.17) is 0 Å². The highest BCUT2D eigenvalue weighted by molar-refractivity contribution is 5.76. The predicted octanol–water partition coefficient (Wildman–Crippen LogP) is 2.37. The summed E-state index contributed by atoms with van der Waals surface area (Å²) < 4.78 is 1.84. The number of hydrogen-bond donors (Lipinski definition) is 1. The molecule has 1 unspecified atom stereocenters. The Kier molecular flexibility index (Phi) is 4.27. The van der Waals surface area contributed by atoms with Gasteiger partial charge in [0.15, 0.2) is 0 Å². The highest BCUT2D eigenvalue weighted by Gasteiger charge is 2.29. The van der Waals surface area contributed by atoms with Crippen molar-refractivity contribution in [2.24, 2.45) is 0 Å². The molecule has 1 aliphatic rings. The number of aromatic nitrogens is 4. The largest absolute Gasteiger partial charge is 0.334 e. The lowest BCUT2D eigenvalue weighted by Gasteiger charge is -2.35. The predicted molar refractivity (Wildman–Crippen MR) is 83.2 cm³/mol. The summed E-state index contributed by atoms with van der Waals surface area (Å²) in [6.07, 6.45) is 7.50. The van der Waals surface area contributed by atoms with Crippen LogP contribution in [0.25, 0.3) is 0 Å². The summed E-state index contributed by atoms with van der Waals surface area (Å²) in [5, 5.41) is 11.5. The molecule has 1 saturated heterocycles. The molecule has 0 radical (unpaired) electrons. The number of likely N-dealkylation sites (tertiary alicyclic amines) is 1. The van der Waals surface area contributed by atoms with E-state index in [9.17, 15) is 4.79 Å². The summed E-state index contributed by atoms with van der Waals surface area (Å²) in [7, 11) is 0. The van der Waals surface area contributed by atoms with Crippen molar-refractivity contribution in [2.45, 2.75) is 52.1 Å². The van der Waals surface area contributed by atoms with Crippen LogP contribution < -0.4 is 0 Å². The number of nitrogens with one attached hydrogen (secondary N) is 1. The molecule has 0 aromatic carbocycles. The fraction of sp³-hybridized carbons (Fsp3) is 0.562. The average molecular weight is 301 g/mol. The number of carbonyl (C=O) groups is 1. The normalized spacial score (nSPS) is 18.6. The second-order valence-corrected chi connectivity index (χ2v) is 6.04. The lowest BCUT2D eigenvalue weighted by Crippen LogP contribution is -2.39. The van der Waals surface area contributed by atoms with Crippen molar-refractivity contribution in [3.63, 3.8) is 0 Å². The van der Waals surface area contributed by atoms with Crippen molar-refractivity contribution in [2.75, 3.05) is 6.54 Å². The van der Waals surface area contributed by atoms with Crippen LogP contribution in [-0.4, -0.2) is 37.3 Å². The third kappa shape index (κ3) is 3.05. The summed E-state index contributed by atoms with van der Waals surface area (Å²) in [6.45, 7) is 5.47. The zero-order valence-electron chi connectivity index (χ0n) is 13.2. The average Bonchev–Trinajstić information content (AvgIpc) is 3.13. The van der Waals surface area contributed by atoms with Gasteiger partial charge in [-0.15, -0.1) is 0 Å².